The largest absolute Gasteiger partial charge is 0.353 e. The Morgan fingerprint density at radius 1 is 1.10 bits per heavy atom. The van der Waals surface area contributed by atoms with E-state index in [-0.39, 0.29) is 11.4 Å². The minimum Gasteiger partial charge on any atom is -0.353 e. The van der Waals surface area contributed by atoms with Gasteiger partial charge in [0.05, 0.1) is 6.54 Å². The van der Waals surface area contributed by atoms with Crippen molar-refractivity contribution >= 4 is 5.91 Å². The highest BCUT2D eigenvalue weighted by atomic mass is 16.2. The molecule has 0 saturated carbocycles. The van der Waals surface area contributed by atoms with E-state index in [2.05, 4.69) is 46.2 Å². The number of hydrogen-bond acceptors (Lipinski definition) is 5. The molecule has 0 spiro atoms. The van der Waals surface area contributed by atoms with Gasteiger partial charge in [0.2, 0.25) is 5.91 Å². The minimum atomic E-state index is 0.0281. The maximum atomic E-state index is 12.1. The van der Waals surface area contributed by atoms with Crippen molar-refractivity contribution in [2.24, 2.45) is 0 Å². The van der Waals surface area contributed by atoms with Crippen LogP contribution in [0, 0.1) is 0 Å². The number of rotatable bonds is 5. The van der Waals surface area contributed by atoms with Gasteiger partial charge in [-0.05, 0) is 20.9 Å². The number of likely N-dealkylation sites (N-methyl/N-ethyl adjacent to an activating group) is 1. The lowest BCUT2D eigenvalue weighted by Crippen LogP contribution is -2.58. The van der Waals surface area contributed by atoms with Crippen LogP contribution in [0.15, 0.2) is 0 Å². The van der Waals surface area contributed by atoms with Crippen molar-refractivity contribution in [3.05, 3.63) is 0 Å². The highest BCUT2D eigenvalue weighted by molar-refractivity contribution is 5.78. The Hall–Kier alpha value is -0.690. The molecule has 6 heteroatoms. The zero-order valence-corrected chi connectivity index (χ0v) is 13.8. The first-order valence-electron chi connectivity index (χ1n) is 8.11. The molecule has 6 nitrogen and oxygen atoms in total. The Balaban J connectivity index is 1.71. The Kier molecular flexibility index (Phi) is 5.98. The van der Waals surface area contributed by atoms with E-state index in [0.29, 0.717) is 6.54 Å². The third-order valence-corrected chi connectivity index (χ3v) is 4.65. The summed E-state index contributed by atoms with van der Waals surface area (Å²) in [5, 5.41) is 6.43. The van der Waals surface area contributed by atoms with Crippen LogP contribution < -0.4 is 10.6 Å². The molecule has 21 heavy (non-hydrogen) atoms. The van der Waals surface area contributed by atoms with Gasteiger partial charge >= 0.3 is 0 Å². The molecule has 0 bridgehead atoms. The van der Waals surface area contributed by atoms with Crippen LogP contribution in [0.3, 0.4) is 0 Å². The third-order valence-electron chi connectivity index (χ3n) is 4.65. The Morgan fingerprint density at radius 2 is 1.71 bits per heavy atom. The molecule has 2 saturated heterocycles. The summed E-state index contributed by atoms with van der Waals surface area (Å²) in [6, 6.07) is 0. The quantitative estimate of drug-likeness (QED) is 0.684. The fourth-order valence-corrected chi connectivity index (χ4v) is 2.97. The lowest BCUT2D eigenvalue weighted by molar-refractivity contribution is -0.123. The van der Waals surface area contributed by atoms with Crippen LogP contribution in [0.25, 0.3) is 0 Å². The highest BCUT2D eigenvalue weighted by Crippen LogP contribution is 2.15. The first-order valence-corrected chi connectivity index (χ1v) is 8.11. The average Bonchev–Trinajstić information content (AvgIpc) is 2.47. The van der Waals surface area contributed by atoms with Gasteiger partial charge in [-0.3, -0.25) is 14.6 Å². The van der Waals surface area contributed by atoms with Crippen molar-refractivity contribution in [1.82, 2.24) is 25.3 Å². The Morgan fingerprint density at radius 3 is 2.33 bits per heavy atom. The van der Waals surface area contributed by atoms with Crippen LogP contribution in [-0.2, 0) is 4.79 Å². The van der Waals surface area contributed by atoms with Crippen molar-refractivity contribution in [3.8, 4) is 0 Å². The lowest BCUT2D eigenvalue weighted by Gasteiger charge is -2.43. The van der Waals surface area contributed by atoms with Crippen molar-refractivity contribution in [2.75, 3.05) is 72.5 Å². The monoisotopic (exact) mass is 297 g/mol. The van der Waals surface area contributed by atoms with Crippen molar-refractivity contribution in [2.45, 2.75) is 19.4 Å². The van der Waals surface area contributed by atoms with Crippen LogP contribution in [0.2, 0.25) is 0 Å². The van der Waals surface area contributed by atoms with Crippen LogP contribution in [0.1, 0.15) is 13.8 Å². The summed E-state index contributed by atoms with van der Waals surface area (Å²) in [5.41, 5.74) is 0.0281. The summed E-state index contributed by atoms with van der Waals surface area (Å²) >= 11 is 0. The summed E-state index contributed by atoms with van der Waals surface area (Å²) in [5.74, 6) is 0.152. The van der Waals surface area contributed by atoms with Gasteiger partial charge in [0.15, 0.2) is 0 Å². The molecule has 0 aromatic rings. The van der Waals surface area contributed by atoms with E-state index in [1.807, 2.05) is 0 Å². The van der Waals surface area contributed by atoms with E-state index in [1.54, 1.807) is 0 Å². The summed E-state index contributed by atoms with van der Waals surface area (Å²) in [6.45, 7) is 14.0. The van der Waals surface area contributed by atoms with Gasteiger partial charge < -0.3 is 15.5 Å². The minimum absolute atomic E-state index is 0.0281. The Labute approximate surface area is 128 Å². The molecular weight excluding hydrogens is 266 g/mol. The van der Waals surface area contributed by atoms with Crippen LogP contribution in [0.4, 0.5) is 0 Å². The van der Waals surface area contributed by atoms with E-state index >= 15 is 0 Å². The van der Waals surface area contributed by atoms with Gasteiger partial charge in [0, 0.05) is 64.4 Å². The molecule has 0 unspecified atom stereocenters. The summed E-state index contributed by atoms with van der Waals surface area (Å²) in [7, 11) is 2.17. The molecule has 0 aromatic heterocycles. The van der Waals surface area contributed by atoms with E-state index in [0.717, 1.165) is 58.9 Å². The fourth-order valence-electron chi connectivity index (χ4n) is 2.97. The predicted molar refractivity (Wildman–Crippen MR) is 85.5 cm³/mol. The van der Waals surface area contributed by atoms with Gasteiger partial charge in [-0.15, -0.1) is 0 Å². The zero-order chi connectivity index (χ0) is 15.3. The molecule has 2 rings (SSSR count). The number of nitrogens with one attached hydrogen (secondary N) is 2. The molecule has 2 aliphatic rings. The maximum absolute atomic E-state index is 12.1. The number of nitrogens with zero attached hydrogens (tertiary/aromatic N) is 3. The zero-order valence-electron chi connectivity index (χ0n) is 13.8. The van der Waals surface area contributed by atoms with E-state index in [9.17, 15) is 4.79 Å². The second kappa shape index (κ2) is 7.54. The molecule has 2 aliphatic heterocycles. The Bertz CT molecular complexity index is 333. The number of carbonyl (C=O) groups is 1. The maximum Gasteiger partial charge on any atom is 0.234 e. The van der Waals surface area contributed by atoms with E-state index in [4.69, 9.17) is 0 Å². The smallest absolute Gasteiger partial charge is 0.234 e. The first-order chi connectivity index (χ1) is 9.97. The molecular formula is C15H31N5O. The van der Waals surface area contributed by atoms with E-state index < -0.39 is 0 Å². The van der Waals surface area contributed by atoms with Gasteiger partial charge in [-0.25, -0.2) is 0 Å². The summed E-state index contributed by atoms with van der Waals surface area (Å²) < 4.78 is 0. The molecule has 0 atom stereocenters. The molecule has 122 valence electrons. The fraction of sp³-hybridized carbons (Fsp3) is 0.933. The summed E-state index contributed by atoms with van der Waals surface area (Å²) in [4.78, 5) is 19.2. The first kappa shape index (κ1) is 16.7. The molecule has 2 heterocycles. The lowest BCUT2D eigenvalue weighted by atomic mass is 10.0. The normalized spacial score (nSPS) is 23.2. The molecule has 1 amide bonds. The SMILES string of the molecule is CN1CCN(C(C)(C)CNC(=O)CN2CCNCC2)CC1. The number of amides is 1. The molecule has 0 aromatic carbocycles. The number of hydrogen-bond donors (Lipinski definition) is 2. The van der Waals surface area contributed by atoms with Crippen molar-refractivity contribution < 1.29 is 4.79 Å². The standard InChI is InChI=1S/C15H31N5O/c1-15(2,20-10-8-18(3)9-11-20)13-17-14(21)12-19-6-4-16-5-7-19/h16H,4-13H2,1-3H3,(H,17,21). The van der Waals surface area contributed by atoms with Crippen LogP contribution >= 0.6 is 0 Å². The number of carbonyl (C=O) groups excluding carboxylic acids is 1. The van der Waals surface area contributed by atoms with Crippen molar-refractivity contribution in [3.63, 3.8) is 0 Å². The third kappa shape index (κ3) is 5.21. The summed E-state index contributed by atoms with van der Waals surface area (Å²) in [6.07, 6.45) is 0. The van der Waals surface area contributed by atoms with Crippen molar-refractivity contribution in [1.29, 1.82) is 0 Å². The second-order valence-corrected chi connectivity index (χ2v) is 6.91. The molecule has 2 fully saturated rings. The molecule has 0 radical (unpaired) electrons. The topological polar surface area (TPSA) is 50.9 Å². The molecule has 2 N–H and O–H groups in total. The van der Waals surface area contributed by atoms with Crippen LogP contribution in [-0.4, -0.2) is 98.6 Å². The van der Waals surface area contributed by atoms with Gasteiger partial charge in [-0.2, -0.15) is 0 Å². The van der Waals surface area contributed by atoms with Crippen LogP contribution in [0.5, 0.6) is 0 Å². The van der Waals surface area contributed by atoms with Gasteiger partial charge in [0.25, 0.3) is 0 Å². The number of piperazine rings is 2. The average molecular weight is 297 g/mol. The second-order valence-electron chi connectivity index (χ2n) is 6.91. The predicted octanol–water partition coefficient (Wildman–Crippen LogP) is -0.966. The van der Waals surface area contributed by atoms with Gasteiger partial charge in [0.1, 0.15) is 0 Å². The van der Waals surface area contributed by atoms with E-state index in [1.165, 1.54) is 0 Å². The van der Waals surface area contributed by atoms with Gasteiger partial charge in [-0.1, -0.05) is 0 Å². The molecule has 0 aliphatic carbocycles. The highest BCUT2D eigenvalue weighted by Gasteiger charge is 2.29.